The fourth-order valence-electron chi connectivity index (χ4n) is 2.59. The number of hydrogen-bond donors (Lipinski definition) is 1. The molecule has 2 aliphatic rings. The minimum absolute atomic E-state index is 0.0998. The molecule has 0 radical (unpaired) electrons. The molecule has 0 bridgehead atoms. The normalized spacial score (nSPS) is 35.6. The molecule has 0 saturated carbocycles. The van der Waals surface area contributed by atoms with Crippen molar-refractivity contribution in [1.82, 2.24) is 9.80 Å². The number of nitrogens with zero attached hydrogens (tertiary/aromatic N) is 2. The molecule has 14 heavy (non-hydrogen) atoms. The van der Waals surface area contributed by atoms with E-state index >= 15 is 0 Å². The first-order valence-corrected chi connectivity index (χ1v) is 5.88. The van der Waals surface area contributed by atoms with Gasteiger partial charge < -0.3 is 15.5 Å². The maximum atomic E-state index is 6.41. The molecular formula is C11H23N3. The Labute approximate surface area is 87.2 Å². The summed E-state index contributed by atoms with van der Waals surface area (Å²) in [6.07, 6.45) is 5.05. The number of piperidine rings is 1. The van der Waals surface area contributed by atoms with Gasteiger partial charge in [-0.25, -0.2) is 0 Å². The highest BCUT2D eigenvalue weighted by Gasteiger charge is 2.30. The van der Waals surface area contributed by atoms with Gasteiger partial charge in [-0.05, 0) is 58.9 Å². The zero-order chi connectivity index (χ0) is 10.0. The van der Waals surface area contributed by atoms with Gasteiger partial charge >= 0.3 is 0 Å². The Hall–Kier alpha value is -0.120. The lowest BCUT2D eigenvalue weighted by atomic mass is 9.86. The third kappa shape index (κ3) is 2.47. The van der Waals surface area contributed by atoms with Gasteiger partial charge in [-0.15, -0.1) is 0 Å². The standard InChI is InChI=1S/C11H23N3/c1-13-6-2-4-11(12,10-13)5-9-14-7-3-8-14/h2-10,12H2,1H3. The summed E-state index contributed by atoms with van der Waals surface area (Å²) < 4.78 is 0. The number of likely N-dealkylation sites (N-methyl/N-ethyl adjacent to an activating group) is 1. The molecule has 0 aliphatic carbocycles. The molecule has 82 valence electrons. The molecule has 1 unspecified atom stereocenters. The van der Waals surface area contributed by atoms with Crippen molar-refractivity contribution in [2.75, 3.05) is 39.8 Å². The van der Waals surface area contributed by atoms with Crippen LogP contribution in [0.1, 0.15) is 25.7 Å². The van der Waals surface area contributed by atoms with Crippen LogP contribution in [0.5, 0.6) is 0 Å². The summed E-state index contributed by atoms with van der Waals surface area (Å²) in [5, 5.41) is 0. The second-order valence-electron chi connectivity index (χ2n) is 5.15. The van der Waals surface area contributed by atoms with Crippen molar-refractivity contribution in [2.24, 2.45) is 5.73 Å². The highest BCUT2D eigenvalue weighted by molar-refractivity contribution is 4.91. The predicted octanol–water partition coefficient (Wildman–Crippen LogP) is 0.505. The van der Waals surface area contributed by atoms with E-state index in [4.69, 9.17) is 5.73 Å². The van der Waals surface area contributed by atoms with E-state index in [0.717, 1.165) is 6.54 Å². The summed E-state index contributed by atoms with van der Waals surface area (Å²) in [5.41, 5.74) is 6.51. The first kappa shape index (κ1) is 10.4. The maximum absolute atomic E-state index is 6.41. The molecule has 2 fully saturated rings. The van der Waals surface area contributed by atoms with Crippen LogP contribution in [-0.4, -0.2) is 55.1 Å². The Bertz CT molecular complexity index is 191. The van der Waals surface area contributed by atoms with E-state index in [2.05, 4.69) is 16.8 Å². The number of nitrogens with two attached hydrogens (primary N) is 1. The molecular weight excluding hydrogens is 174 g/mol. The van der Waals surface area contributed by atoms with Crippen LogP contribution in [-0.2, 0) is 0 Å². The number of rotatable bonds is 3. The van der Waals surface area contributed by atoms with Gasteiger partial charge in [0.25, 0.3) is 0 Å². The Balaban J connectivity index is 1.75. The van der Waals surface area contributed by atoms with Gasteiger partial charge in [0.05, 0.1) is 0 Å². The third-order valence-electron chi connectivity index (χ3n) is 3.67. The molecule has 0 aromatic rings. The predicted molar refractivity (Wildman–Crippen MR) is 59.3 cm³/mol. The van der Waals surface area contributed by atoms with E-state index in [1.54, 1.807) is 0 Å². The first-order valence-electron chi connectivity index (χ1n) is 5.88. The van der Waals surface area contributed by atoms with Crippen molar-refractivity contribution in [3.05, 3.63) is 0 Å². The largest absolute Gasteiger partial charge is 0.324 e. The molecule has 1 atom stereocenters. The van der Waals surface area contributed by atoms with Crippen molar-refractivity contribution in [1.29, 1.82) is 0 Å². The molecule has 2 rings (SSSR count). The van der Waals surface area contributed by atoms with Gasteiger partial charge in [0, 0.05) is 12.1 Å². The summed E-state index contributed by atoms with van der Waals surface area (Å²) in [7, 11) is 2.18. The summed E-state index contributed by atoms with van der Waals surface area (Å²) in [4.78, 5) is 4.89. The van der Waals surface area contributed by atoms with Crippen LogP contribution in [0.25, 0.3) is 0 Å². The molecule has 2 heterocycles. The lowest BCUT2D eigenvalue weighted by molar-refractivity contribution is 0.125. The van der Waals surface area contributed by atoms with Crippen LogP contribution in [0.2, 0.25) is 0 Å². The van der Waals surface area contributed by atoms with Crippen molar-refractivity contribution in [3.8, 4) is 0 Å². The van der Waals surface area contributed by atoms with E-state index in [9.17, 15) is 0 Å². The highest BCUT2D eigenvalue weighted by atomic mass is 15.2. The fourth-order valence-corrected chi connectivity index (χ4v) is 2.59. The van der Waals surface area contributed by atoms with Gasteiger partial charge in [0.1, 0.15) is 0 Å². The quantitative estimate of drug-likeness (QED) is 0.715. The molecule has 3 heteroatoms. The summed E-state index contributed by atoms with van der Waals surface area (Å²) in [5.74, 6) is 0. The van der Waals surface area contributed by atoms with Crippen LogP contribution in [0.15, 0.2) is 0 Å². The van der Waals surface area contributed by atoms with E-state index in [-0.39, 0.29) is 5.54 Å². The second kappa shape index (κ2) is 4.17. The average molecular weight is 197 g/mol. The van der Waals surface area contributed by atoms with Gasteiger partial charge in [0.15, 0.2) is 0 Å². The minimum atomic E-state index is 0.0998. The highest BCUT2D eigenvalue weighted by Crippen LogP contribution is 2.22. The van der Waals surface area contributed by atoms with Crippen molar-refractivity contribution < 1.29 is 0 Å². The SMILES string of the molecule is CN1CCCC(N)(CCN2CCC2)C1. The lowest BCUT2D eigenvalue weighted by Gasteiger charge is -2.41. The Morgan fingerprint density at radius 3 is 2.57 bits per heavy atom. The molecule has 2 aliphatic heterocycles. The van der Waals surface area contributed by atoms with E-state index in [1.165, 1.54) is 51.9 Å². The van der Waals surface area contributed by atoms with Crippen LogP contribution in [0, 0.1) is 0 Å². The van der Waals surface area contributed by atoms with Crippen LogP contribution in [0.4, 0.5) is 0 Å². The number of likely N-dealkylation sites (tertiary alicyclic amines) is 2. The summed E-state index contributed by atoms with van der Waals surface area (Å²) in [6, 6.07) is 0. The molecule has 0 spiro atoms. The second-order valence-corrected chi connectivity index (χ2v) is 5.15. The molecule has 3 nitrogen and oxygen atoms in total. The Morgan fingerprint density at radius 1 is 1.21 bits per heavy atom. The molecule has 0 aromatic heterocycles. The average Bonchev–Trinajstić information content (AvgIpc) is 2.00. The summed E-state index contributed by atoms with van der Waals surface area (Å²) >= 11 is 0. The first-order chi connectivity index (χ1) is 6.68. The monoisotopic (exact) mass is 197 g/mol. The van der Waals surface area contributed by atoms with Gasteiger partial charge in [-0.2, -0.15) is 0 Å². The smallest absolute Gasteiger partial charge is 0.0296 e. The number of hydrogen-bond acceptors (Lipinski definition) is 3. The zero-order valence-electron chi connectivity index (χ0n) is 9.34. The van der Waals surface area contributed by atoms with Gasteiger partial charge in [0.2, 0.25) is 0 Å². The van der Waals surface area contributed by atoms with Crippen LogP contribution < -0.4 is 5.73 Å². The minimum Gasteiger partial charge on any atom is -0.324 e. The fraction of sp³-hybridized carbons (Fsp3) is 1.00. The van der Waals surface area contributed by atoms with Gasteiger partial charge in [-0.3, -0.25) is 0 Å². The van der Waals surface area contributed by atoms with Crippen LogP contribution in [0.3, 0.4) is 0 Å². The molecule has 0 aromatic carbocycles. The van der Waals surface area contributed by atoms with E-state index in [0.29, 0.717) is 0 Å². The van der Waals surface area contributed by atoms with Gasteiger partial charge in [-0.1, -0.05) is 0 Å². The third-order valence-corrected chi connectivity index (χ3v) is 3.67. The van der Waals surface area contributed by atoms with E-state index in [1.807, 2.05) is 0 Å². The van der Waals surface area contributed by atoms with E-state index < -0.39 is 0 Å². The molecule has 0 amide bonds. The zero-order valence-corrected chi connectivity index (χ0v) is 9.34. The van der Waals surface area contributed by atoms with Crippen molar-refractivity contribution in [3.63, 3.8) is 0 Å². The topological polar surface area (TPSA) is 32.5 Å². The van der Waals surface area contributed by atoms with Crippen molar-refractivity contribution >= 4 is 0 Å². The van der Waals surface area contributed by atoms with Crippen LogP contribution >= 0.6 is 0 Å². The lowest BCUT2D eigenvalue weighted by Crippen LogP contribution is -2.55. The maximum Gasteiger partial charge on any atom is 0.0296 e. The van der Waals surface area contributed by atoms with Crippen molar-refractivity contribution in [2.45, 2.75) is 31.2 Å². The molecule has 2 N–H and O–H groups in total. The molecule has 2 saturated heterocycles. The Morgan fingerprint density at radius 2 is 2.00 bits per heavy atom. The Kier molecular flexibility index (Phi) is 3.10. The summed E-state index contributed by atoms with van der Waals surface area (Å²) in [6.45, 7) is 6.12.